The lowest BCUT2D eigenvalue weighted by Crippen LogP contribution is -2.02. The van der Waals surface area contributed by atoms with Gasteiger partial charge in [0.1, 0.15) is 5.76 Å². The zero-order chi connectivity index (χ0) is 14.9. The van der Waals surface area contributed by atoms with Crippen molar-refractivity contribution in [3.8, 4) is 11.4 Å². The Kier molecular flexibility index (Phi) is 3.12. The second-order valence-corrected chi connectivity index (χ2v) is 5.43. The minimum absolute atomic E-state index is 0.556. The molecule has 5 heteroatoms. The quantitative estimate of drug-likeness (QED) is 0.571. The number of aromatic nitrogens is 3. The lowest BCUT2D eigenvalue weighted by Gasteiger charge is -2.08. The molecule has 2 aromatic heterocycles. The Morgan fingerprint density at radius 2 is 1.91 bits per heavy atom. The molecule has 4 rings (SSSR count). The monoisotopic (exact) mass is 307 g/mol. The lowest BCUT2D eigenvalue weighted by atomic mass is 10.0. The van der Waals surface area contributed by atoms with Crippen molar-refractivity contribution >= 4 is 23.0 Å². The van der Waals surface area contributed by atoms with Gasteiger partial charge in [-0.15, -0.1) is 0 Å². The molecule has 0 amide bonds. The van der Waals surface area contributed by atoms with Crippen molar-refractivity contribution in [2.45, 2.75) is 6.54 Å². The van der Waals surface area contributed by atoms with E-state index in [1.54, 1.807) is 6.26 Å². The Bertz CT molecular complexity index is 977. The molecule has 0 aliphatic heterocycles. The van der Waals surface area contributed by atoms with Crippen LogP contribution >= 0.6 is 12.2 Å². The largest absolute Gasteiger partial charge is 0.467 e. The average molecular weight is 307 g/mol. The molecule has 0 spiro atoms. The van der Waals surface area contributed by atoms with Crippen molar-refractivity contribution in [1.29, 1.82) is 0 Å². The number of rotatable bonds is 3. The Morgan fingerprint density at radius 1 is 1.05 bits per heavy atom. The molecule has 2 heterocycles. The maximum absolute atomic E-state index is 5.43. The first-order valence-corrected chi connectivity index (χ1v) is 7.39. The van der Waals surface area contributed by atoms with Gasteiger partial charge in [0, 0.05) is 5.56 Å². The van der Waals surface area contributed by atoms with Gasteiger partial charge >= 0.3 is 0 Å². The van der Waals surface area contributed by atoms with Crippen LogP contribution in [0, 0.1) is 4.77 Å². The van der Waals surface area contributed by atoms with Crippen LogP contribution in [0.25, 0.3) is 22.2 Å². The summed E-state index contributed by atoms with van der Waals surface area (Å²) in [5.41, 5.74) is 1.05. The fraction of sp³-hybridized carbons (Fsp3) is 0.0588. The zero-order valence-electron chi connectivity index (χ0n) is 11.7. The Hall–Kier alpha value is -2.66. The van der Waals surface area contributed by atoms with Gasteiger partial charge in [-0.1, -0.05) is 42.5 Å². The molecule has 0 aliphatic rings. The predicted molar refractivity (Wildman–Crippen MR) is 88.2 cm³/mol. The number of hydrogen-bond acceptors (Lipinski definition) is 3. The molecule has 108 valence electrons. The van der Waals surface area contributed by atoms with Gasteiger partial charge in [-0.25, -0.2) is 0 Å². The summed E-state index contributed by atoms with van der Waals surface area (Å²) < 4.78 is 7.97. The van der Waals surface area contributed by atoms with Crippen LogP contribution in [0.3, 0.4) is 0 Å². The van der Waals surface area contributed by atoms with Crippen molar-refractivity contribution in [3.05, 3.63) is 71.4 Å². The van der Waals surface area contributed by atoms with Gasteiger partial charge < -0.3 is 4.42 Å². The summed E-state index contributed by atoms with van der Waals surface area (Å²) in [6.45, 7) is 0.556. The van der Waals surface area contributed by atoms with E-state index < -0.39 is 0 Å². The summed E-state index contributed by atoms with van der Waals surface area (Å²) in [6, 6.07) is 18.3. The summed E-state index contributed by atoms with van der Waals surface area (Å²) in [6.07, 6.45) is 1.66. The van der Waals surface area contributed by atoms with Crippen LogP contribution in [-0.2, 0) is 6.54 Å². The fourth-order valence-electron chi connectivity index (χ4n) is 2.65. The van der Waals surface area contributed by atoms with Crippen molar-refractivity contribution in [3.63, 3.8) is 0 Å². The smallest absolute Gasteiger partial charge is 0.195 e. The molecule has 0 saturated heterocycles. The highest BCUT2D eigenvalue weighted by Crippen LogP contribution is 2.27. The Balaban J connectivity index is 1.91. The van der Waals surface area contributed by atoms with Gasteiger partial charge in [0.15, 0.2) is 10.6 Å². The normalized spacial score (nSPS) is 11.1. The van der Waals surface area contributed by atoms with Crippen molar-refractivity contribution in [1.82, 2.24) is 14.8 Å². The van der Waals surface area contributed by atoms with E-state index in [4.69, 9.17) is 16.6 Å². The molecule has 1 N–H and O–H groups in total. The van der Waals surface area contributed by atoms with E-state index in [1.807, 2.05) is 34.9 Å². The Morgan fingerprint density at radius 3 is 2.77 bits per heavy atom. The standard InChI is InChI=1S/C17H13N3OS/c22-17-19-18-16(20(17)11-13-7-4-10-21-13)15-9-3-6-12-5-1-2-8-14(12)15/h1-10H,11H2,(H,19,22). The van der Waals surface area contributed by atoms with Crippen molar-refractivity contribution in [2.24, 2.45) is 0 Å². The van der Waals surface area contributed by atoms with Crippen molar-refractivity contribution in [2.75, 3.05) is 0 Å². The molecule has 0 radical (unpaired) electrons. The van der Waals surface area contributed by atoms with Crippen LogP contribution in [0.4, 0.5) is 0 Å². The van der Waals surface area contributed by atoms with Gasteiger partial charge in [-0.05, 0) is 35.1 Å². The molecular formula is C17H13N3OS. The molecule has 0 fully saturated rings. The van der Waals surface area contributed by atoms with Crippen LogP contribution in [0.15, 0.2) is 65.3 Å². The molecule has 4 nitrogen and oxygen atoms in total. The zero-order valence-corrected chi connectivity index (χ0v) is 12.5. The van der Waals surface area contributed by atoms with Gasteiger partial charge in [-0.2, -0.15) is 5.10 Å². The van der Waals surface area contributed by atoms with Crippen LogP contribution in [0.2, 0.25) is 0 Å². The number of nitrogens with one attached hydrogen (secondary N) is 1. The summed E-state index contributed by atoms with van der Waals surface area (Å²) in [4.78, 5) is 0. The molecule has 0 bridgehead atoms. The molecule has 4 aromatic rings. The average Bonchev–Trinajstić information content (AvgIpc) is 3.18. The third kappa shape index (κ3) is 2.16. The molecule has 22 heavy (non-hydrogen) atoms. The summed E-state index contributed by atoms with van der Waals surface area (Å²) in [7, 11) is 0. The number of aromatic amines is 1. The van der Waals surface area contributed by atoms with E-state index in [1.165, 1.54) is 5.39 Å². The number of nitrogens with zero attached hydrogens (tertiary/aromatic N) is 2. The second-order valence-electron chi connectivity index (χ2n) is 5.04. The second kappa shape index (κ2) is 5.27. The van der Waals surface area contributed by atoms with E-state index in [0.717, 1.165) is 22.5 Å². The third-order valence-electron chi connectivity index (χ3n) is 3.68. The van der Waals surface area contributed by atoms with Gasteiger partial charge in [0.25, 0.3) is 0 Å². The first kappa shape index (κ1) is 13.0. The lowest BCUT2D eigenvalue weighted by molar-refractivity contribution is 0.493. The molecular weight excluding hydrogens is 294 g/mol. The highest BCUT2D eigenvalue weighted by Gasteiger charge is 2.12. The molecule has 2 aromatic carbocycles. The number of benzene rings is 2. The van der Waals surface area contributed by atoms with Crippen molar-refractivity contribution < 1.29 is 4.42 Å². The number of hydrogen-bond donors (Lipinski definition) is 1. The number of H-pyrrole nitrogens is 1. The first-order chi connectivity index (χ1) is 10.8. The van der Waals surface area contributed by atoms with E-state index in [2.05, 4.69) is 34.5 Å². The van der Waals surface area contributed by atoms with Gasteiger partial charge in [0.05, 0.1) is 12.8 Å². The highest BCUT2D eigenvalue weighted by atomic mass is 32.1. The molecule has 0 saturated carbocycles. The summed E-state index contributed by atoms with van der Waals surface area (Å²) >= 11 is 5.37. The summed E-state index contributed by atoms with van der Waals surface area (Å²) in [5, 5.41) is 9.64. The maximum Gasteiger partial charge on any atom is 0.195 e. The third-order valence-corrected chi connectivity index (χ3v) is 3.99. The van der Waals surface area contributed by atoms with Gasteiger partial charge in [0.2, 0.25) is 0 Å². The highest BCUT2D eigenvalue weighted by molar-refractivity contribution is 7.71. The van der Waals surface area contributed by atoms with Crippen LogP contribution in [0.1, 0.15) is 5.76 Å². The first-order valence-electron chi connectivity index (χ1n) is 6.98. The van der Waals surface area contributed by atoms with E-state index in [-0.39, 0.29) is 0 Å². The molecule has 0 unspecified atom stereocenters. The molecule has 0 aliphatic carbocycles. The topological polar surface area (TPSA) is 46.8 Å². The van der Waals surface area contributed by atoms with Crippen LogP contribution in [-0.4, -0.2) is 14.8 Å². The Labute approximate surface area is 132 Å². The van der Waals surface area contributed by atoms with Gasteiger partial charge in [-0.3, -0.25) is 9.67 Å². The summed E-state index contributed by atoms with van der Waals surface area (Å²) in [5.74, 6) is 1.66. The molecule has 0 atom stereocenters. The number of furan rings is 1. The number of fused-ring (bicyclic) bond motifs is 1. The SMILES string of the molecule is S=c1[nH]nc(-c2cccc3ccccc23)n1Cc1ccco1. The van der Waals surface area contributed by atoms with E-state index >= 15 is 0 Å². The van der Waals surface area contributed by atoms with Crippen LogP contribution < -0.4 is 0 Å². The predicted octanol–water partition coefficient (Wildman–Crippen LogP) is 4.40. The fourth-order valence-corrected chi connectivity index (χ4v) is 2.85. The van der Waals surface area contributed by atoms with E-state index in [0.29, 0.717) is 11.3 Å². The van der Waals surface area contributed by atoms with Crippen LogP contribution in [0.5, 0.6) is 0 Å². The minimum atomic E-state index is 0.556. The maximum atomic E-state index is 5.43. The van der Waals surface area contributed by atoms with E-state index in [9.17, 15) is 0 Å². The minimum Gasteiger partial charge on any atom is -0.467 e.